The second-order valence-electron chi connectivity index (χ2n) is 18.6. The van der Waals surface area contributed by atoms with Crippen LogP contribution >= 0.6 is 0 Å². The molecule has 6 aliphatic rings. The van der Waals surface area contributed by atoms with Gasteiger partial charge in [0.05, 0.1) is 5.69 Å². The van der Waals surface area contributed by atoms with Crippen LogP contribution in [0.15, 0.2) is 155 Å². The van der Waals surface area contributed by atoms with E-state index in [-0.39, 0.29) is 10.8 Å². The summed E-state index contributed by atoms with van der Waals surface area (Å²) >= 11 is 0. The first-order chi connectivity index (χ1) is 29.1. The van der Waals surface area contributed by atoms with E-state index >= 15 is 0 Å². The zero-order valence-electron chi connectivity index (χ0n) is 36.0. The van der Waals surface area contributed by atoms with Gasteiger partial charge >= 0.3 is 0 Å². The first-order valence-electron chi connectivity index (χ1n) is 21.9. The smallest absolute Gasteiger partial charge is 0.269 e. The van der Waals surface area contributed by atoms with Gasteiger partial charge in [-0.05, 0) is 148 Å². The Morgan fingerprint density at radius 2 is 1.47 bits per heavy atom. The Kier molecular flexibility index (Phi) is 8.23. The van der Waals surface area contributed by atoms with Gasteiger partial charge in [0, 0.05) is 57.3 Å². The van der Waals surface area contributed by atoms with Gasteiger partial charge in [-0.3, -0.25) is 0 Å². The third-order valence-corrected chi connectivity index (χ3v) is 14.5. The maximum atomic E-state index is 4.23. The maximum absolute atomic E-state index is 4.23. The second-order valence-corrected chi connectivity index (χ2v) is 18.6. The molecule has 3 nitrogen and oxygen atoms in total. The summed E-state index contributed by atoms with van der Waals surface area (Å²) in [6.07, 6.45) is 17.8. The zero-order chi connectivity index (χ0) is 41.1. The molecule has 0 spiro atoms. The number of para-hydroxylation sites is 1. The summed E-state index contributed by atoms with van der Waals surface area (Å²) < 4.78 is 0. The molecule has 294 valence electrons. The van der Waals surface area contributed by atoms with Gasteiger partial charge < -0.3 is 15.4 Å². The number of fused-ring (bicyclic) bond motifs is 4. The average Bonchev–Trinajstić information content (AvgIpc) is 3.84. The summed E-state index contributed by atoms with van der Waals surface area (Å²) in [4.78, 5) is 2.74. The molecule has 1 aliphatic heterocycles. The molecule has 11 rings (SSSR count). The fourth-order valence-electron chi connectivity index (χ4n) is 11.4. The molecule has 0 saturated heterocycles. The van der Waals surface area contributed by atoms with E-state index in [0.717, 1.165) is 25.7 Å². The molecule has 0 radical (unpaired) electrons. The minimum absolute atomic E-state index is 0.159. The highest BCUT2D eigenvalue weighted by Crippen LogP contribution is 2.58. The summed E-state index contributed by atoms with van der Waals surface area (Å²) in [6.45, 7) is 14.3. The second kappa shape index (κ2) is 13.4. The number of benzene rings is 5. The van der Waals surface area contributed by atoms with E-state index in [9.17, 15) is 0 Å². The van der Waals surface area contributed by atoms with Crippen molar-refractivity contribution < 1.29 is 0 Å². The summed E-state index contributed by atoms with van der Waals surface area (Å²) in [6, 6.07) is 33.0. The van der Waals surface area contributed by atoms with E-state index in [1.54, 1.807) is 0 Å². The SMILES string of the molecule is CNC1=CC(C2=CC=CCC2)=C(N2c3cc4c(cc3BNc3c5cccc3C(C)(C)c3ccccc3-c3c2cc(C)c(-c2ccccc2C)c3-5)C2=C(C=C=C2)C4(C)C)CC1. The summed E-state index contributed by atoms with van der Waals surface area (Å²) in [5, 5.41) is 7.80. The third-order valence-electron chi connectivity index (χ3n) is 14.5. The van der Waals surface area contributed by atoms with Gasteiger partial charge in [0.15, 0.2) is 0 Å². The van der Waals surface area contributed by atoms with Crippen LogP contribution in [0, 0.1) is 13.8 Å². The van der Waals surface area contributed by atoms with Gasteiger partial charge in [0.25, 0.3) is 7.41 Å². The van der Waals surface area contributed by atoms with Crippen molar-refractivity contribution in [1.82, 2.24) is 5.32 Å². The van der Waals surface area contributed by atoms with Gasteiger partial charge in [0.2, 0.25) is 0 Å². The Morgan fingerprint density at radius 3 is 2.27 bits per heavy atom. The molecular formula is C56H52BN3. The highest BCUT2D eigenvalue weighted by Gasteiger charge is 2.42. The predicted octanol–water partition coefficient (Wildman–Crippen LogP) is 12.7. The fraction of sp³-hybridized carbons (Fsp3) is 0.232. The lowest BCUT2D eigenvalue weighted by molar-refractivity contribution is 0.644. The van der Waals surface area contributed by atoms with Crippen LogP contribution in [0.25, 0.3) is 39.0 Å². The molecule has 6 bridgehead atoms. The molecule has 0 fully saturated rings. The number of hydrogen-bond acceptors (Lipinski definition) is 3. The number of nitrogens with zero attached hydrogens (tertiary/aromatic N) is 1. The molecule has 5 aliphatic carbocycles. The van der Waals surface area contributed by atoms with Crippen LogP contribution in [-0.2, 0) is 10.8 Å². The number of nitrogens with one attached hydrogen (secondary N) is 2. The Balaban J connectivity index is 1.36. The van der Waals surface area contributed by atoms with Crippen LogP contribution < -0.4 is 20.9 Å². The number of aryl methyl sites for hydroxylation is 2. The summed E-state index contributed by atoms with van der Waals surface area (Å²) in [5.74, 6) is 0. The molecule has 60 heavy (non-hydrogen) atoms. The van der Waals surface area contributed by atoms with Gasteiger partial charge in [-0.1, -0.05) is 119 Å². The normalized spacial score (nSPS) is 18.4. The quantitative estimate of drug-likeness (QED) is 0.141. The minimum atomic E-state index is -0.286. The van der Waals surface area contributed by atoms with E-state index < -0.39 is 0 Å². The monoisotopic (exact) mass is 777 g/mol. The first-order valence-corrected chi connectivity index (χ1v) is 21.9. The number of rotatable bonds is 4. The van der Waals surface area contributed by atoms with Crippen molar-refractivity contribution in [1.29, 1.82) is 0 Å². The zero-order valence-corrected chi connectivity index (χ0v) is 36.0. The lowest BCUT2D eigenvalue weighted by Crippen LogP contribution is -2.35. The van der Waals surface area contributed by atoms with Crippen molar-refractivity contribution >= 4 is 35.5 Å². The molecule has 4 heteroatoms. The Hall–Kier alpha value is -6.22. The van der Waals surface area contributed by atoms with Crippen LogP contribution in [-0.4, -0.2) is 14.5 Å². The molecule has 0 atom stereocenters. The van der Waals surface area contributed by atoms with Crippen LogP contribution in [0.5, 0.6) is 0 Å². The molecule has 0 saturated carbocycles. The number of allylic oxidation sites excluding steroid dienone is 11. The predicted molar refractivity (Wildman–Crippen MR) is 256 cm³/mol. The fourth-order valence-corrected chi connectivity index (χ4v) is 11.4. The molecule has 5 aromatic carbocycles. The Bertz CT molecular complexity index is 2970. The standard InChI is InChI=1S/C56H52BN3/c1-33-17-11-12-20-37(33)51-34(2)29-50-52-39-21-13-14-24-44(39)55(3,4)45-26-16-23-40(53(51)52)54(45)59-57-47-31-42-38-22-15-25-43(38)56(5,6)46(42)32-49(47)60(50)48-28-27-36(58-7)30-41(48)35-18-9-8-10-19-35/h8-9,11-14,16-18,20-26,29-32,57-59H,10,19,27-28H2,1-7H3. The van der Waals surface area contributed by atoms with Crippen molar-refractivity contribution in [2.45, 2.75) is 78.1 Å². The topological polar surface area (TPSA) is 27.3 Å². The van der Waals surface area contributed by atoms with E-state index in [1.807, 2.05) is 0 Å². The van der Waals surface area contributed by atoms with Crippen molar-refractivity contribution in [3.05, 3.63) is 189 Å². The number of anilines is 3. The Labute approximate surface area is 356 Å². The molecule has 0 unspecified atom stereocenters. The van der Waals surface area contributed by atoms with Crippen molar-refractivity contribution in [2.24, 2.45) is 0 Å². The van der Waals surface area contributed by atoms with Crippen LogP contribution in [0.3, 0.4) is 0 Å². The minimum Gasteiger partial charge on any atom is -0.426 e. The van der Waals surface area contributed by atoms with E-state index in [0.29, 0.717) is 7.41 Å². The average molecular weight is 778 g/mol. The largest absolute Gasteiger partial charge is 0.426 e. The lowest BCUT2D eigenvalue weighted by atomic mass is 9.67. The van der Waals surface area contributed by atoms with Crippen LogP contribution in [0.1, 0.15) is 86.8 Å². The van der Waals surface area contributed by atoms with Crippen molar-refractivity contribution in [2.75, 3.05) is 17.2 Å². The van der Waals surface area contributed by atoms with Gasteiger partial charge in [-0.2, -0.15) is 0 Å². The highest BCUT2D eigenvalue weighted by molar-refractivity contribution is 6.59. The van der Waals surface area contributed by atoms with Crippen LogP contribution in [0.2, 0.25) is 0 Å². The molecule has 2 N–H and O–H groups in total. The molecule has 0 aromatic heterocycles. The Morgan fingerprint density at radius 1 is 0.683 bits per heavy atom. The molecule has 1 heterocycles. The highest BCUT2D eigenvalue weighted by atomic mass is 15.2. The van der Waals surface area contributed by atoms with Gasteiger partial charge in [-0.25, -0.2) is 0 Å². The summed E-state index contributed by atoms with van der Waals surface area (Å²) in [7, 11) is 2.76. The van der Waals surface area contributed by atoms with Crippen molar-refractivity contribution in [3.63, 3.8) is 0 Å². The van der Waals surface area contributed by atoms with Crippen LogP contribution in [0.4, 0.5) is 17.1 Å². The van der Waals surface area contributed by atoms with E-state index in [2.05, 4.69) is 191 Å². The van der Waals surface area contributed by atoms with E-state index in [1.165, 1.54) is 123 Å². The molecular weight excluding hydrogens is 725 g/mol. The first kappa shape index (κ1) is 36.8. The van der Waals surface area contributed by atoms with Gasteiger partial charge in [-0.15, -0.1) is 5.73 Å². The summed E-state index contributed by atoms with van der Waals surface area (Å²) in [5.41, 5.74) is 31.9. The molecule has 5 aromatic rings. The molecule has 0 amide bonds. The maximum Gasteiger partial charge on any atom is 0.269 e. The van der Waals surface area contributed by atoms with Gasteiger partial charge in [0.1, 0.15) is 0 Å². The van der Waals surface area contributed by atoms with E-state index in [4.69, 9.17) is 0 Å². The number of hydrogen-bond donors (Lipinski definition) is 2. The third kappa shape index (κ3) is 5.23. The lowest BCUT2D eigenvalue weighted by Gasteiger charge is -2.41. The van der Waals surface area contributed by atoms with Crippen molar-refractivity contribution in [3.8, 4) is 33.4 Å².